The first-order valence-electron chi connectivity index (χ1n) is 5.77. The van der Waals surface area contributed by atoms with E-state index in [1.165, 1.54) is 30.2 Å². The van der Waals surface area contributed by atoms with Gasteiger partial charge in [0.25, 0.3) is 0 Å². The Morgan fingerprint density at radius 2 is 2.24 bits per heavy atom. The van der Waals surface area contributed by atoms with Gasteiger partial charge in [-0.1, -0.05) is 52.4 Å². The van der Waals surface area contributed by atoms with Crippen LogP contribution in [-0.2, 0) is 16.0 Å². The normalized spacial score (nSPS) is 12.1. The van der Waals surface area contributed by atoms with E-state index in [0.29, 0.717) is 25.9 Å². The van der Waals surface area contributed by atoms with Gasteiger partial charge in [-0.2, -0.15) is 0 Å². The zero-order valence-electron chi connectivity index (χ0n) is 10.9. The number of halogens is 2. The lowest BCUT2D eigenvalue weighted by molar-refractivity contribution is -0.139. The third-order valence-corrected chi connectivity index (χ3v) is 5.15. The molecule has 0 aliphatic carbocycles. The lowest BCUT2D eigenvalue weighted by atomic mass is 10.1. The number of benzene rings is 1. The molecule has 1 aromatic carbocycles. The molecule has 1 unspecified atom stereocenters. The maximum Gasteiger partial charge on any atom is 0.319 e. The van der Waals surface area contributed by atoms with Gasteiger partial charge in [0.1, 0.15) is 5.25 Å². The maximum atomic E-state index is 11.9. The predicted octanol–water partition coefficient (Wildman–Crippen LogP) is 3.30. The van der Waals surface area contributed by atoms with E-state index < -0.39 is 5.25 Å². The van der Waals surface area contributed by atoms with E-state index in [-0.39, 0.29) is 5.97 Å². The third kappa shape index (κ3) is 4.47. The number of anilines is 1. The summed E-state index contributed by atoms with van der Waals surface area (Å²) in [5.41, 5.74) is 6.34. The summed E-state index contributed by atoms with van der Waals surface area (Å²) in [6.45, 7) is 0. The van der Waals surface area contributed by atoms with Crippen LogP contribution in [0.15, 0.2) is 22.5 Å². The summed E-state index contributed by atoms with van der Waals surface area (Å²) in [5, 5.41) is 8.54. The van der Waals surface area contributed by atoms with Crippen LogP contribution in [0, 0.1) is 0 Å². The monoisotopic (exact) mass is 363 g/mol. The van der Waals surface area contributed by atoms with Crippen LogP contribution >= 0.6 is 46.3 Å². The molecule has 1 heterocycles. The number of methoxy groups -OCH3 is 1. The molecule has 0 spiro atoms. The molecule has 9 heteroatoms. The highest BCUT2D eigenvalue weighted by Gasteiger charge is 2.24. The van der Waals surface area contributed by atoms with Crippen LogP contribution < -0.4 is 5.73 Å². The Morgan fingerprint density at radius 3 is 2.81 bits per heavy atom. The van der Waals surface area contributed by atoms with E-state index in [1.807, 2.05) is 0 Å². The van der Waals surface area contributed by atoms with Gasteiger partial charge in [-0.3, -0.25) is 4.79 Å². The zero-order valence-corrected chi connectivity index (χ0v) is 14.0. The van der Waals surface area contributed by atoms with Gasteiger partial charge in [0, 0.05) is 10.0 Å². The highest BCUT2D eigenvalue weighted by Crippen LogP contribution is 2.32. The molecule has 1 atom stereocenters. The number of hydrogen-bond acceptors (Lipinski definition) is 7. The summed E-state index contributed by atoms with van der Waals surface area (Å²) in [5.74, 6) is -0.361. The van der Waals surface area contributed by atoms with Gasteiger partial charge in [-0.15, -0.1) is 10.2 Å². The van der Waals surface area contributed by atoms with Crippen molar-refractivity contribution in [1.82, 2.24) is 10.2 Å². The minimum Gasteiger partial charge on any atom is -0.468 e. The molecule has 2 rings (SSSR count). The molecule has 0 bridgehead atoms. The molecular formula is C12H11Cl2N3O2S2. The Morgan fingerprint density at radius 1 is 1.48 bits per heavy atom. The molecule has 21 heavy (non-hydrogen) atoms. The first kappa shape index (κ1) is 16.4. The molecule has 0 amide bonds. The molecule has 112 valence electrons. The Kier molecular flexibility index (Phi) is 5.69. The standard InChI is InChI=1S/C12H11Cl2N3O2S2/c1-19-10(18)9(20-12-17-16-11(15)21-12)4-6-2-3-7(13)5-8(6)14/h2-3,5,9H,4H2,1H3,(H2,15,16). The number of carbonyl (C=O) groups is 1. The van der Waals surface area contributed by atoms with E-state index in [1.54, 1.807) is 18.2 Å². The Hall–Kier alpha value is -1.02. The second kappa shape index (κ2) is 7.31. The zero-order chi connectivity index (χ0) is 15.4. The van der Waals surface area contributed by atoms with E-state index in [9.17, 15) is 4.79 Å². The van der Waals surface area contributed by atoms with Gasteiger partial charge in [0.2, 0.25) is 5.13 Å². The SMILES string of the molecule is COC(=O)C(Cc1ccc(Cl)cc1Cl)Sc1nnc(N)s1. The van der Waals surface area contributed by atoms with Gasteiger partial charge in [-0.05, 0) is 24.1 Å². The Bertz CT molecular complexity index is 651. The number of ether oxygens (including phenoxy) is 1. The average molecular weight is 364 g/mol. The smallest absolute Gasteiger partial charge is 0.319 e. The van der Waals surface area contributed by atoms with Crippen molar-refractivity contribution in [2.75, 3.05) is 12.8 Å². The molecule has 0 radical (unpaired) electrons. The summed E-state index contributed by atoms with van der Waals surface area (Å²) in [4.78, 5) is 11.9. The number of thioether (sulfide) groups is 1. The first-order chi connectivity index (χ1) is 9.99. The second-order valence-electron chi connectivity index (χ2n) is 3.98. The maximum absolute atomic E-state index is 11.9. The topological polar surface area (TPSA) is 78.1 Å². The van der Waals surface area contributed by atoms with Gasteiger partial charge in [-0.25, -0.2) is 0 Å². The Labute approximate surface area is 139 Å². The largest absolute Gasteiger partial charge is 0.468 e. The fourth-order valence-corrected chi connectivity index (χ4v) is 3.99. The van der Waals surface area contributed by atoms with E-state index in [2.05, 4.69) is 10.2 Å². The van der Waals surface area contributed by atoms with Crippen molar-refractivity contribution in [3.05, 3.63) is 33.8 Å². The molecule has 0 fully saturated rings. The highest BCUT2D eigenvalue weighted by atomic mass is 35.5. The molecular weight excluding hydrogens is 353 g/mol. The molecule has 0 saturated carbocycles. The third-order valence-electron chi connectivity index (χ3n) is 2.55. The second-order valence-corrected chi connectivity index (χ2v) is 7.28. The Balaban J connectivity index is 2.18. The predicted molar refractivity (Wildman–Crippen MR) is 86.1 cm³/mol. The van der Waals surface area contributed by atoms with E-state index in [0.717, 1.165) is 5.56 Å². The fourth-order valence-electron chi connectivity index (χ4n) is 1.58. The van der Waals surface area contributed by atoms with Crippen LogP contribution in [0.1, 0.15) is 5.56 Å². The van der Waals surface area contributed by atoms with Gasteiger partial charge >= 0.3 is 5.97 Å². The molecule has 2 aromatic rings. The first-order valence-corrected chi connectivity index (χ1v) is 8.22. The number of nitrogen functional groups attached to an aromatic ring is 1. The number of nitrogens with zero attached hydrogens (tertiary/aromatic N) is 2. The number of hydrogen-bond donors (Lipinski definition) is 1. The lowest BCUT2D eigenvalue weighted by Crippen LogP contribution is -2.21. The van der Waals surface area contributed by atoms with Crippen LogP contribution in [-0.4, -0.2) is 28.5 Å². The van der Waals surface area contributed by atoms with Crippen LogP contribution in [0.25, 0.3) is 0 Å². The van der Waals surface area contributed by atoms with Crippen molar-refractivity contribution < 1.29 is 9.53 Å². The number of nitrogens with two attached hydrogens (primary N) is 1. The lowest BCUT2D eigenvalue weighted by Gasteiger charge is -2.13. The number of carbonyl (C=O) groups excluding carboxylic acids is 1. The summed E-state index contributed by atoms with van der Waals surface area (Å²) < 4.78 is 5.43. The van der Waals surface area contributed by atoms with Crippen molar-refractivity contribution >= 4 is 57.4 Å². The van der Waals surface area contributed by atoms with Crippen molar-refractivity contribution in [1.29, 1.82) is 0 Å². The van der Waals surface area contributed by atoms with Crippen molar-refractivity contribution in [3.8, 4) is 0 Å². The molecule has 0 aliphatic rings. The minimum absolute atomic E-state index is 0.352. The highest BCUT2D eigenvalue weighted by molar-refractivity contribution is 8.02. The fraction of sp³-hybridized carbons (Fsp3) is 0.250. The van der Waals surface area contributed by atoms with Crippen molar-refractivity contribution in [3.63, 3.8) is 0 Å². The van der Waals surface area contributed by atoms with E-state index in [4.69, 9.17) is 33.7 Å². The summed E-state index contributed by atoms with van der Waals surface area (Å²) in [6, 6.07) is 5.15. The van der Waals surface area contributed by atoms with Crippen molar-refractivity contribution in [2.45, 2.75) is 16.0 Å². The van der Waals surface area contributed by atoms with Gasteiger partial charge in [0.05, 0.1) is 7.11 Å². The summed E-state index contributed by atoms with van der Waals surface area (Å²) in [7, 11) is 1.34. The number of rotatable bonds is 5. The summed E-state index contributed by atoms with van der Waals surface area (Å²) in [6.07, 6.45) is 0.396. The van der Waals surface area contributed by atoms with Crippen LogP contribution in [0.3, 0.4) is 0 Å². The number of esters is 1. The van der Waals surface area contributed by atoms with Crippen LogP contribution in [0.2, 0.25) is 10.0 Å². The van der Waals surface area contributed by atoms with E-state index >= 15 is 0 Å². The average Bonchev–Trinajstić information content (AvgIpc) is 2.85. The van der Waals surface area contributed by atoms with Crippen LogP contribution in [0.4, 0.5) is 5.13 Å². The molecule has 5 nitrogen and oxygen atoms in total. The minimum atomic E-state index is -0.485. The summed E-state index contributed by atoms with van der Waals surface area (Å²) >= 11 is 14.5. The van der Waals surface area contributed by atoms with Crippen LogP contribution in [0.5, 0.6) is 0 Å². The van der Waals surface area contributed by atoms with Gasteiger partial charge < -0.3 is 10.5 Å². The molecule has 1 aromatic heterocycles. The van der Waals surface area contributed by atoms with Gasteiger partial charge in [0.15, 0.2) is 4.34 Å². The molecule has 2 N–H and O–H groups in total. The quantitative estimate of drug-likeness (QED) is 0.648. The molecule has 0 aliphatic heterocycles. The molecule has 0 saturated heterocycles. The number of aromatic nitrogens is 2. The van der Waals surface area contributed by atoms with Crippen molar-refractivity contribution in [2.24, 2.45) is 0 Å².